The molecule has 0 saturated carbocycles. The molecular weight excluding hydrogens is 314 g/mol. The van der Waals surface area contributed by atoms with E-state index in [0.29, 0.717) is 6.04 Å². The fourth-order valence-electron chi connectivity index (χ4n) is 2.32. The first-order valence-electron chi connectivity index (χ1n) is 7.09. The minimum absolute atomic E-state index is 0.362. The van der Waals surface area contributed by atoms with Crippen LogP contribution in [0.1, 0.15) is 43.3 Å². The van der Waals surface area contributed by atoms with Crippen LogP contribution in [0.3, 0.4) is 0 Å². The number of aryl methyl sites for hydroxylation is 2. The molecule has 108 valence electrons. The standard InChI is InChI=1S/C16H22BrN3/c1-5-8-18-13(4)14-6-7-16(15(17)10-14)20-12(3)9-11(2)19-20/h6-7,9-10,13,18H,5,8H2,1-4H3. The van der Waals surface area contributed by atoms with Crippen molar-refractivity contribution in [1.29, 1.82) is 0 Å². The van der Waals surface area contributed by atoms with Crippen LogP contribution in [0.5, 0.6) is 0 Å². The molecule has 3 nitrogen and oxygen atoms in total. The van der Waals surface area contributed by atoms with Gasteiger partial charge in [0.05, 0.1) is 11.4 Å². The Morgan fingerprint density at radius 1 is 1.30 bits per heavy atom. The summed E-state index contributed by atoms with van der Waals surface area (Å²) < 4.78 is 3.05. The quantitative estimate of drug-likeness (QED) is 0.882. The van der Waals surface area contributed by atoms with Crippen molar-refractivity contribution in [3.8, 4) is 5.69 Å². The molecule has 0 fully saturated rings. The Bertz CT molecular complexity index is 589. The summed E-state index contributed by atoms with van der Waals surface area (Å²) in [5.74, 6) is 0. The lowest BCUT2D eigenvalue weighted by molar-refractivity contribution is 0.570. The van der Waals surface area contributed by atoms with Crippen LogP contribution < -0.4 is 5.32 Å². The molecule has 0 amide bonds. The van der Waals surface area contributed by atoms with Gasteiger partial charge in [-0.3, -0.25) is 0 Å². The summed E-state index contributed by atoms with van der Waals surface area (Å²) in [4.78, 5) is 0. The van der Waals surface area contributed by atoms with Gasteiger partial charge in [-0.05, 0) is 73.4 Å². The summed E-state index contributed by atoms with van der Waals surface area (Å²) in [7, 11) is 0. The highest BCUT2D eigenvalue weighted by atomic mass is 79.9. The van der Waals surface area contributed by atoms with Gasteiger partial charge < -0.3 is 5.32 Å². The summed E-state index contributed by atoms with van der Waals surface area (Å²) in [6.07, 6.45) is 1.15. The molecule has 0 saturated heterocycles. The molecule has 0 aliphatic heterocycles. The topological polar surface area (TPSA) is 29.9 Å². The van der Waals surface area contributed by atoms with E-state index in [-0.39, 0.29) is 0 Å². The zero-order chi connectivity index (χ0) is 14.7. The maximum atomic E-state index is 4.54. The summed E-state index contributed by atoms with van der Waals surface area (Å²) in [5, 5.41) is 8.04. The lowest BCUT2D eigenvalue weighted by Gasteiger charge is -2.15. The molecule has 1 heterocycles. The third kappa shape index (κ3) is 3.30. The van der Waals surface area contributed by atoms with Gasteiger partial charge in [0.2, 0.25) is 0 Å². The fourth-order valence-corrected chi connectivity index (χ4v) is 2.88. The highest BCUT2D eigenvalue weighted by molar-refractivity contribution is 9.10. The third-order valence-electron chi connectivity index (χ3n) is 3.41. The number of aromatic nitrogens is 2. The Kier molecular flexibility index (Phi) is 5.00. The first-order valence-corrected chi connectivity index (χ1v) is 7.88. The largest absolute Gasteiger partial charge is 0.310 e. The normalized spacial score (nSPS) is 12.7. The maximum Gasteiger partial charge on any atom is 0.0790 e. The van der Waals surface area contributed by atoms with Gasteiger partial charge in [0.25, 0.3) is 0 Å². The molecule has 1 aromatic heterocycles. The van der Waals surface area contributed by atoms with E-state index in [0.717, 1.165) is 34.5 Å². The summed E-state index contributed by atoms with van der Waals surface area (Å²) in [6, 6.07) is 8.93. The van der Waals surface area contributed by atoms with Crippen molar-refractivity contribution in [1.82, 2.24) is 15.1 Å². The molecule has 0 spiro atoms. The number of halogens is 1. The van der Waals surface area contributed by atoms with Crippen LogP contribution in [-0.4, -0.2) is 16.3 Å². The fraction of sp³-hybridized carbons (Fsp3) is 0.438. The first-order chi connectivity index (χ1) is 9.52. The van der Waals surface area contributed by atoms with Crippen LogP contribution in [-0.2, 0) is 0 Å². The molecule has 1 unspecified atom stereocenters. The Hall–Kier alpha value is -1.13. The van der Waals surface area contributed by atoms with E-state index in [9.17, 15) is 0 Å². The van der Waals surface area contributed by atoms with Gasteiger partial charge in [-0.25, -0.2) is 4.68 Å². The first kappa shape index (κ1) is 15.3. The van der Waals surface area contributed by atoms with E-state index in [2.05, 4.69) is 71.4 Å². The van der Waals surface area contributed by atoms with Gasteiger partial charge in [-0.15, -0.1) is 0 Å². The summed E-state index contributed by atoms with van der Waals surface area (Å²) in [5.41, 5.74) is 4.56. The molecule has 0 radical (unpaired) electrons. The van der Waals surface area contributed by atoms with Gasteiger partial charge >= 0.3 is 0 Å². The average molecular weight is 336 g/mol. The van der Waals surface area contributed by atoms with Gasteiger partial charge in [-0.2, -0.15) is 5.10 Å². The minimum atomic E-state index is 0.362. The van der Waals surface area contributed by atoms with Crippen molar-refractivity contribution in [2.24, 2.45) is 0 Å². The number of hydrogen-bond acceptors (Lipinski definition) is 2. The van der Waals surface area contributed by atoms with Gasteiger partial charge in [0, 0.05) is 16.2 Å². The molecule has 20 heavy (non-hydrogen) atoms. The Morgan fingerprint density at radius 2 is 2.05 bits per heavy atom. The Morgan fingerprint density at radius 3 is 2.60 bits per heavy atom. The Balaban J connectivity index is 2.28. The maximum absolute atomic E-state index is 4.54. The molecule has 2 rings (SSSR count). The zero-order valence-electron chi connectivity index (χ0n) is 12.6. The van der Waals surface area contributed by atoms with E-state index in [1.807, 2.05) is 11.6 Å². The second-order valence-electron chi connectivity index (χ2n) is 5.23. The number of hydrogen-bond donors (Lipinski definition) is 1. The van der Waals surface area contributed by atoms with E-state index in [1.165, 1.54) is 5.56 Å². The van der Waals surface area contributed by atoms with Crippen LogP contribution in [0.2, 0.25) is 0 Å². The zero-order valence-corrected chi connectivity index (χ0v) is 14.2. The number of nitrogens with zero attached hydrogens (tertiary/aromatic N) is 2. The van der Waals surface area contributed by atoms with Gasteiger partial charge in [-0.1, -0.05) is 13.0 Å². The molecular formula is C16H22BrN3. The predicted molar refractivity (Wildman–Crippen MR) is 87.4 cm³/mol. The molecule has 0 aliphatic carbocycles. The van der Waals surface area contributed by atoms with E-state index < -0.39 is 0 Å². The molecule has 1 aromatic carbocycles. The van der Waals surface area contributed by atoms with Crippen molar-refractivity contribution in [3.63, 3.8) is 0 Å². The summed E-state index contributed by atoms with van der Waals surface area (Å²) in [6.45, 7) is 9.51. The SMILES string of the molecule is CCCNC(C)c1ccc(-n2nc(C)cc2C)c(Br)c1. The van der Waals surface area contributed by atoms with Gasteiger partial charge in [0.1, 0.15) is 0 Å². The van der Waals surface area contributed by atoms with Gasteiger partial charge in [0.15, 0.2) is 0 Å². The monoisotopic (exact) mass is 335 g/mol. The van der Waals surface area contributed by atoms with Crippen LogP contribution in [0, 0.1) is 13.8 Å². The number of benzene rings is 1. The van der Waals surface area contributed by atoms with Crippen molar-refractivity contribution in [2.75, 3.05) is 6.54 Å². The predicted octanol–water partition coefficient (Wildman–Crippen LogP) is 4.31. The second-order valence-corrected chi connectivity index (χ2v) is 6.08. The van der Waals surface area contributed by atoms with Crippen LogP contribution in [0.25, 0.3) is 5.69 Å². The lowest BCUT2D eigenvalue weighted by Crippen LogP contribution is -2.19. The lowest BCUT2D eigenvalue weighted by atomic mass is 10.1. The molecule has 1 N–H and O–H groups in total. The molecule has 2 aromatic rings. The second kappa shape index (κ2) is 6.55. The van der Waals surface area contributed by atoms with Crippen LogP contribution >= 0.6 is 15.9 Å². The van der Waals surface area contributed by atoms with Crippen molar-refractivity contribution >= 4 is 15.9 Å². The van der Waals surface area contributed by atoms with Crippen molar-refractivity contribution in [2.45, 2.75) is 40.2 Å². The van der Waals surface area contributed by atoms with E-state index in [1.54, 1.807) is 0 Å². The molecule has 0 aliphatic rings. The van der Waals surface area contributed by atoms with E-state index in [4.69, 9.17) is 0 Å². The highest BCUT2D eigenvalue weighted by Crippen LogP contribution is 2.26. The van der Waals surface area contributed by atoms with Crippen molar-refractivity contribution in [3.05, 3.63) is 45.7 Å². The smallest absolute Gasteiger partial charge is 0.0790 e. The summed E-state index contributed by atoms with van der Waals surface area (Å²) >= 11 is 3.68. The van der Waals surface area contributed by atoms with Crippen LogP contribution in [0.15, 0.2) is 28.7 Å². The van der Waals surface area contributed by atoms with E-state index >= 15 is 0 Å². The Labute approximate surface area is 129 Å². The highest BCUT2D eigenvalue weighted by Gasteiger charge is 2.11. The molecule has 0 bridgehead atoms. The molecule has 4 heteroatoms. The third-order valence-corrected chi connectivity index (χ3v) is 4.05. The average Bonchev–Trinajstić information content (AvgIpc) is 2.74. The van der Waals surface area contributed by atoms with Crippen molar-refractivity contribution < 1.29 is 0 Å². The number of rotatable bonds is 5. The minimum Gasteiger partial charge on any atom is -0.310 e. The number of nitrogens with one attached hydrogen (secondary N) is 1. The van der Waals surface area contributed by atoms with Crippen LogP contribution in [0.4, 0.5) is 0 Å². The molecule has 1 atom stereocenters.